The van der Waals surface area contributed by atoms with Crippen molar-refractivity contribution in [1.29, 1.82) is 0 Å². The predicted octanol–water partition coefficient (Wildman–Crippen LogP) is 2.44. The zero-order valence-electron chi connectivity index (χ0n) is 8.54. The number of hydrogen-bond acceptors (Lipinski definition) is 1. The van der Waals surface area contributed by atoms with Gasteiger partial charge in [0.15, 0.2) is 0 Å². The average Bonchev–Trinajstić information content (AvgIpc) is 2.61. The maximum Gasteiger partial charge on any atom is 0.0536 e. The summed E-state index contributed by atoms with van der Waals surface area (Å²) in [6.07, 6.45) is 0. The van der Waals surface area contributed by atoms with E-state index in [2.05, 4.69) is 17.1 Å². The molecule has 0 aliphatic carbocycles. The lowest BCUT2D eigenvalue weighted by atomic mass is 9.91. The first-order chi connectivity index (χ1) is 6.63. The normalized spacial score (nSPS) is 12.2. The molecule has 0 radical (unpaired) electrons. The van der Waals surface area contributed by atoms with Gasteiger partial charge in [-0.2, -0.15) is 0 Å². The van der Waals surface area contributed by atoms with Crippen molar-refractivity contribution in [2.24, 2.45) is 0 Å². The molecule has 0 saturated heterocycles. The number of aliphatic hydroxyl groups is 1. The zero-order valence-corrected chi connectivity index (χ0v) is 8.54. The molecule has 74 valence electrons. The number of aliphatic hydroxyl groups excluding tert-OH is 1. The van der Waals surface area contributed by atoms with E-state index in [-0.39, 0.29) is 12.0 Å². The van der Waals surface area contributed by atoms with Gasteiger partial charge in [0.25, 0.3) is 0 Å². The van der Waals surface area contributed by atoms with E-state index in [9.17, 15) is 5.11 Å². The monoisotopic (exact) mass is 189 g/mol. The van der Waals surface area contributed by atoms with Crippen LogP contribution >= 0.6 is 0 Å². The molecular weight excluding hydrogens is 174 g/mol. The molecule has 0 bridgehead atoms. The Morgan fingerprint density at radius 1 is 1.29 bits per heavy atom. The van der Waals surface area contributed by atoms with Crippen LogP contribution < -0.4 is 0 Å². The van der Waals surface area contributed by atoms with Crippen LogP contribution in [0.5, 0.6) is 0 Å². The molecule has 2 heteroatoms. The van der Waals surface area contributed by atoms with Crippen LogP contribution in [0.3, 0.4) is 0 Å². The Morgan fingerprint density at radius 3 is 2.64 bits per heavy atom. The summed E-state index contributed by atoms with van der Waals surface area (Å²) in [5.41, 5.74) is 2.02. The van der Waals surface area contributed by atoms with Gasteiger partial charge < -0.3 is 10.1 Å². The molecule has 14 heavy (non-hydrogen) atoms. The lowest BCUT2D eigenvalue weighted by Gasteiger charge is -2.19. The Morgan fingerprint density at radius 2 is 2.00 bits per heavy atom. The molecule has 0 saturated carbocycles. The van der Waals surface area contributed by atoms with Crippen molar-refractivity contribution in [3.63, 3.8) is 0 Å². The van der Waals surface area contributed by atoms with Crippen molar-refractivity contribution in [3.05, 3.63) is 36.0 Å². The quantitative estimate of drug-likeness (QED) is 0.747. The summed E-state index contributed by atoms with van der Waals surface area (Å²) in [6.45, 7) is 4.20. The fourth-order valence-electron chi connectivity index (χ4n) is 1.52. The molecule has 1 aromatic carbocycles. The molecule has 0 atom stereocenters. The van der Waals surface area contributed by atoms with Gasteiger partial charge >= 0.3 is 0 Å². The Balaban J connectivity index is 2.55. The number of benzene rings is 1. The van der Waals surface area contributed by atoms with Crippen LogP contribution in [0, 0.1) is 0 Å². The molecular formula is C12H15NO. The van der Waals surface area contributed by atoms with Crippen LogP contribution in [-0.2, 0) is 5.41 Å². The number of aromatic nitrogens is 1. The molecule has 2 N–H and O–H groups in total. The first-order valence-corrected chi connectivity index (χ1v) is 4.82. The minimum absolute atomic E-state index is 0.153. The van der Waals surface area contributed by atoms with Crippen LogP contribution in [0.2, 0.25) is 0 Å². The average molecular weight is 189 g/mol. The highest BCUT2D eigenvalue weighted by atomic mass is 16.3. The maximum absolute atomic E-state index is 9.25. The summed E-state index contributed by atoms with van der Waals surface area (Å²) in [4.78, 5) is 3.33. The summed E-state index contributed by atoms with van der Waals surface area (Å²) >= 11 is 0. The molecule has 1 heterocycles. The highest BCUT2D eigenvalue weighted by Gasteiger charge is 2.21. The van der Waals surface area contributed by atoms with Gasteiger partial charge in [0, 0.05) is 16.6 Å². The second-order valence-corrected chi connectivity index (χ2v) is 4.31. The van der Waals surface area contributed by atoms with E-state index in [4.69, 9.17) is 0 Å². The largest absolute Gasteiger partial charge is 0.395 e. The van der Waals surface area contributed by atoms with Gasteiger partial charge in [-0.1, -0.05) is 32.0 Å². The van der Waals surface area contributed by atoms with E-state index in [1.165, 1.54) is 5.39 Å². The summed E-state index contributed by atoms with van der Waals surface area (Å²) in [5.74, 6) is 0. The van der Waals surface area contributed by atoms with Gasteiger partial charge in [0.2, 0.25) is 0 Å². The van der Waals surface area contributed by atoms with Crippen LogP contribution in [0.25, 0.3) is 10.9 Å². The van der Waals surface area contributed by atoms with Gasteiger partial charge in [-0.05, 0) is 17.5 Å². The smallest absolute Gasteiger partial charge is 0.0536 e. The van der Waals surface area contributed by atoms with E-state index in [1.807, 2.05) is 32.0 Å². The van der Waals surface area contributed by atoms with E-state index in [1.54, 1.807) is 0 Å². The molecule has 2 nitrogen and oxygen atoms in total. The second kappa shape index (κ2) is 3.14. The minimum atomic E-state index is -0.195. The second-order valence-electron chi connectivity index (χ2n) is 4.31. The molecule has 0 amide bonds. The van der Waals surface area contributed by atoms with E-state index in [0.717, 1.165) is 11.2 Å². The van der Waals surface area contributed by atoms with Gasteiger partial charge in [-0.3, -0.25) is 0 Å². The number of nitrogens with one attached hydrogen (secondary N) is 1. The van der Waals surface area contributed by atoms with E-state index in [0.29, 0.717) is 0 Å². The van der Waals surface area contributed by atoms with Crippen molar-refractivity contribution < 1.29 is 5.11 Å². The Bertz CT molecular complexity index is 409. The van der Waals surface area contributed by atoms with E-state index >= 15 is 0 Å². The first kappa shape index (κ1) is 9.28. The van der Waals surface area contributed by atoms with Crippen LogP contribution in [0.15, 0.2) is 30.3 Å². The van der Waals surface area contributed by atoms with Crippen molar-refractivity contribution in [2.45, 2.75) is 19.3 Å². The summed E-state index contributed by atoms with van der Waals surface area (Å²) < 4.78 is 0. The molecule has 2 rings (SSSR count). The number of rotatable bonds is 2. The minimum Gasteiger partial charge on any atom is -0.395 e. The SMILES string of the molecule is CC(C)(CO)c1cc2ccccc2[nH]1. The topological polar surface area (TPSA) is 36.0 Å². The van der Waals surface area contributed by atoms with Gasteiger partial charge in [0.05, 0.1) is 6.61 Å². The fraction of sp³-hybridized carbons (Fsp3) is 0.333. The van der Waals surface area contributed by atoms with Gasteiger partial charge in [-0.25, -0.2) is 0 Å². The standard InChI is InChI=1S/C12H15NO/c1-12(2,8-14)11-7-9-5-3-4-6-10(9)13-11/h3-7,13-14H,8H2,1-2H3. The van der Waals surface area contributed by atoms with Gasteiger partial charge in [0.1, 0.15) is 0 Å². The first-order valence-electron chi connectivity index (χ1n) is 4.82. The van der Waals surface area contributed by atoms with E-state index < -0.39 is 0 Å². The Hall–Kier alpha value is -1.28. The summed E-state index contributed by atoms with van der Waals surface area (Å²) in [6, 6.07) is 10.3. The lowest BCUT2D eigenvalue weighted by Crippen LogP contribution is -2.22. The van der Waals surface area contributed by atoms with Crippen LogP contribution in [0.4, 0.5) is 0 Å². The van der Waals surface area contributed by atoms with Crippen molar-refractivity contribution >= 4 is 10.9 Å². The summed E-state index contributed by atoms with van der Waals surface area (Å²) in [7, 11) is 0. The maximum atomic E-state index is 9.25. The number of para-hydroxylation sites is 1. The Kier molecular flexibility index (Phi) is 2.08. The van der Waals surface area contributed by atoms with Crippen LogP contribution in [-0.4, -0.2) is 16.7 Å². The molecule has 0 aliphatic rings. The highest BCUT2D eigenvalue weighted by molar-refractivity contribution is 5.80. The molecule has 2 aromatic rings. The predicted molar refractivity (Wildman–Crippen MR) is 58.4 cm³/mol. The molecule has 0 spiro atoms. The third-order valence-corrected chi connectivity index (χ3v) is 2.65. The zero-order chi connectivity index (χ0) is 10.2. The Labute approximate surface area is 83.6 Å². The van der Waals surface area contributed by atoms with Gasteiger partial charge in [-0.15, -0.1) is 0 Å². The highest BCUT2D eigenvalue weighted by Crippen LogP contribution is 2.25. The third kappa shape index (κ3) is 1.42. The lowest BCUT2D eigenvalue weighted by molar-refractivity contribution is 0.216. The van der Waals surface area contributed by atoms with Crippen molar-refractivity contribution in [1.82, 2.24) is 4.98 Å². The molecule has 0 fully saturated rings. The number of aromatic amines is 1. The van der Waals surface area contributed by atoms with Crippen molar-refractivity contribution in [2.75, 3.05) is 6.61 Å². The number of H-pyrrole nitrogens is 1. The number of fused-ring (bicyclic) bond motifs is 1. The third-order valence-electron chi connectivity index (χ3n) is 2.65. The molecule has 0 unspecified atom stereocenters. The van der Waals surface area contributed by atoms with Crippen molar-refractivity contribution in [3.8, 4) is 0 Å². The molecule has 1 aromatic heterocycles. The number of hydrogen-bond donors (Lipinski definition) is 2. The summed E-state index contributed by atoms with van der Waals surface area (Å²) in [5, 5.41) is 10.5. The molecule has 0 aliphatic heterocycles. The fourth-order valence-corrected chi connectivity index (χ4v) is 1.52. The van der Waals surface area contributed by atoms with Crippen LogP contribution in [0.1, 0.15) is 19.5 Å².